The van der Waals surface area contributed by atoms with Crippen LogP contribution in [-0.4, -0.2) is 119 Å². The molecule has 0 bridgehead atoms. The van der Waals surface area contributed by atoms with Gasteiger partial charge in [-0.3, -0.25) is 28.8 Å². The van der Waals surface area contributed by atoms with Crippen molar-refractivity contribution in [1.29, 1.82) is 5.26 Å². The Morgan fingerprint density at radius 3 is 1.66 bits per heavy atom. The van der Waals surface area contributed by atoms with Crippen LogP contribution in [0.15, 0.2) is 73.0 Å². The van der Waals surface area contributed by atoms with Gasteiger partial charge in [-0.15, -0.1) is 0 Å². The molecule has 4 rings (SSSR count). The number of hydrogen-bond acceptors (Lipinski definition) is 18. The summed E-state index contributed by atoms with van der Waals surface area (Å²) in [6, 6.07) is 21.0. The summed E-state index contributed by atoms with van der Waals surface area (Å²) in [5, 5.41) is 10.3. The molecule has 2 aliphatic heterocycles. The number of carbonyl (C=O) groups excluding carboxylic acids is 6. The van der Waals surface area contributed by atoms with Crippen LogP contribution in [0.25, 0.3) is 0 Å². The lowest BCUT2D eigenvalue weighted by atomic mass is 9.97. The second-order valence-electron chi connectivity index (χ2n) is 15.5. The molecule has 0 N–H and O–H groups in total. The standard InChI is InChI=1S/C43H53NO17Si/c1-26(45)52-25-43(61-41-39(57-30(5)49)38(56-29(4)48)36(54-27(2)46)34(59-41)23-51-22-16-21-44)40(58-31(6)50)37(55-28(3)47)35(60-43)24-53-62(42(7,8)9,32-17-12-10-13-18-32)33-19-14-11-15-20-33/h10-20,22,34-41H,23-25H2,1-9H3/b22-16+/t34-,35-,36-,37-,38+,39-,40+,41-,43+/m1/s1. The maximum absolute atomic E-state index is 13.0. The minimum absolute atomic E-state index is 0.320. The van der Waals surface area contributed by atoms with Crippen molar-refractivity contribution in [3.63, 3.8) is 0 Å². The minimum Gasteiger partial charge on any atom is -0.498 e. The molecule has 0 aliphatic carbocycles. The molecule has 0 spiro atoms. The van der Waals surface area contributed by atoms with E-state index in [1.54, 1.807) is 6.07 Å². The fourth-order valence-electron chi connectivity index (χ4n) is 7.56. The van der Waals surface area contributed by atoms with Crippen LogP contribution in [0.1, 0.15) is 62.3 Å². The smallest absolute Gasteiger partial charge is 0.303 e. The highest BCUT2D eigenvalue weighted by molar-refractivity contribution is 6.99. The second kappa shape index (κ2) is 21.4. The lowest BCUT2D eigenvalue weighted by Crippen LogP contribution is -2.67. The van der Waals surface area contributed by atoms with Gasteiger partial charge in [0.05, 0.1) is 25.0 Å². The molecule has 2 aromatic rings. The Labute approximate surface area is 360 Å². The average molecular weight is 884 g/mol. The molecular formula is C43H53NO17Si. The molecule has 0 aromatic heterocycles. The number of rotatable bonds is 17. The fraction of sp³-hybridized carbons (Fsp3) is 0.512. The van der Waals surface area contributed by atoms with Crippen molar-refractivity contribution >= 4 is 54.5 Å². The van der Waals surface area contributed by atoms with Gasteiger partial charge in [-0.25, -0.2) is 0 Å². The summed E-state index contributed by atoms with van der Waals surface area (Å²) in [7, 11) is -3.34. The van der Waals surface area contributed by atoms with Gasteiger partial charge in [-0.1, -0.05) is 81.4 Å². The van der Waals surface area contributed by atoms with Gasteiger partial charge < -0.3 is 51.8 Å². The van der Waals surface area contributed by atoms with E-state index in [4.69, 9.17) is 57.1 Å². The summed E-state index contributed by atoms with van der Waals surface area (Å²) in [6.07, 6.45) is -10.7. The molecule has 2 heterocycles. The summed E-state index contributed by atoms with van der Waals surface area (Å²) < 4.78 is 66.1. The second-order valence-corrected chi connectivity index (χ2v) is 19.8. The summed E-state index contributed by atoms with van der Waals surface area (Å²) >= 11 is 0. The molecule has 2 saturated heterocycles. The third kappa shape index (κ3) is 12.0. The van der Waals surface area contributed by atoms with Gasteiger partial charge in [-0.2, -0.15) is 5.26 Å². The summed E-state index contributed by atoms with van der Waals surface area (Å²) in [5.74, 6) is -7.67. The van der Waals surface area contributed by atoms with Crippen molar-refractivity contribution in [3.8, 4) is 6.07 Å². The topological polar surface area (TPSA) is 228 Å². The van der Waals surface area contributed by atoms with Crippen LogP contribution in [0.2, 0.25) is 5.04 Å². The van der Waals surface area contributed by atoms with E-state index >= 15 is 0 Å². The summed E-state index contributed by atoms with van der Waals surface area (Å²) in [6.45, 7) is 11.0. The molecule has 9 atom stereocenters. The lowest BCUT2D eigenvalue weighted by Gasteiger charge is -2.46. The normalized spacial score (nSPS) is 26.1. The van der Waals surface area contributed by atoms with Gasteiger partial charge in [0.1, 0.15) is 25.4 Å². The van der Waals surface area contributed by atoms with E-state index in [1.807, 2.05) is 81.4 Å². The molecule has 0 radical (unpaired) electrons. The molecule has 19 heteroatoms. The monoisotopic (exact) mass is 883 g/mol. The van der Waals surface area contributed by atoms with Crippen LogP contribution < -0.4 is 10.4 Å². The maximum Gasteiger partial charge on any atom is 0.303 e. The first-order valence-corrected chi connectivity index (χ1v) is 21.6. The molecule has 2 fully saturated rings. The van der Waals surface area contributed by atoms with Gasteiger partial charge in [0, 0.05) is 41.5 Å². The first-order chi connectivity index (χ1) is 29.2. The zero-order valence-corrected chi connectivity index (χ0v) is 37.1. The lowest BCUT2D eigenvalue weighted by molar-refractivity contribution is -0.384. The average Bonchev–Trinajstić information content (AvgIpc) is 3.45. The number of nitriles is 1. The molecule has 0 unspecified atom stereocenters. The Bertz CT molecular complexity index is 1930. The fourth-order valence-corrected chi connectivity index (χ4v) is 12.1. The molecule has 2 aromatic carbocycles. The largest absolute Gasteiger partial charge is 0.498 e. The van der Waals surface area contributed by atoms with Crippen LogP contribution in [0.3, 0.4) is 0 Å². The van der Waals surface area contributed by atoms with Crippen molar-refractivity contribution in [2.45, 2.75) is 122 Å². The molecule has 0 amide bonds. The summed E-state index contributed by atoms with van der Waals surface area (Å²) in [4.78, 5) is 76.1. The third-order valence-corrected chi connectivity index (χ3v) is 14.7. The van der Waals surface area contributed by atoms with E-state index in [9.17, 15) is 28.8 Å². The Hall–Kier alpha value is -5.65. The van der Waals surface area contributed by atoms with Gasteiger partial charge in [0.15, 0.2) is 30.5 Å². The number of esters is 6. The van der Waals surface area contributed by atoms with Crippen LogP contribution in [0, 0.1) is 11.3 Å². The van der Waals surface area contributed by atoms with E-state index < -0.39 is 117 Å². The zero-order valence-electron chi connectivity index (χ0n) is 36.1. The first-order valence-electron chi connectivity index (χ1n) is 19.7. The van der Waals surface area contributed by atoms with Crippen LogP contribution in [0.4, 0.5) is 0 Å². The molecular weight excluding hydrogens is 831 g/mol. The number of allylic oxidation sites excluding steroid dienone is 1. The molecule has 62 heavy (non-hydrogen) atoms. The third-order valence-electron chi connectivity index (χ3n) is 9.71. The van der Waals surface area contributed by atoms with Crippen molar-refractivity contribution in [3.05, 3.63) is 73.0 Å². The number of nitrogens with zero attached hydrogens (tertiary/aromatic N) is 1. The van der Waals surface area contributed by atoms with Gasteiger partial charge in [0.25, 0.3) is 8.32 Å². The summed E-state index contributed by atoms with van der Waals surface area (Å²) in [5.41, 5.74) is 0. The van der Waals surface area contributed by atoms with E-state index in [-0.39, 0.29) is 6.61 Å². The van der Waals surface area contributed by atoms with E-state index in [0.717, 1.165) is 64.3 Å². The highest BCUT2D eigenvalue weighted by Crippen LogP contribution is 2.43. The highest BCUT2D eigenvalue weighted by atomic mass is 28.4. The quantitative estimate of drug-likeness (QED) is 0.0731. The minimum atomic E-state index is -3.34. The van der Waals surface area contributed by atoms with Crippen LogP contribution in [0.5, 0.6) is 0 Å². The van der Waals surface area contributed by atoms with E-state index in [2.05, 4.69) is 0 Å². The SMILES string of the molecule is CC(=O)OC[C@@]1(O[C@H]2O[C@H](CO/C=C/C#N)[C@@H](OC(C)=O)[C@H](OC(C)=O)[C@H]2OC(C)=O)O[C@H](CO[Si](c2ccccc2)(c2ccccc2)C(C)(C)C)[C@@H](OC(C)=O)[C@@H]1OC(C)=O. The number of hydrogen-bond donors (Lipinski definition) is 0. The van der Waals surface area contributed by atoms with Crippen molar-refractivity contribution in [2.75, 3.05) is 19.8 Å². The maximum atomic E-state index is 13.0. The molecule has 0 saturated carbocycles. The Kier molecular flexibility index (Phi) is 16.9. The molecule has 18 nitrogen and oxygen atoms in total. The number of ether oxygens (including phenoxy) is 10. The molecule has 2 aliphatic rings. The Morgan fingerprint density at radius 2 is 1.18 bits per heavy atom. The number of benzene rings is 2. The van der Waals surface area contributed by atoms with Gasteiger partial charge in [-0.05, 0) is 15.4 Å². The van der Waals surface area contributed by atoms with E-state index in [0.29, 0.717) is 0 Å². The zero-order chi connectivity index (χ0) is 45.8. The molecule has 336 valence electrons. The Morgan fingerprint density at radius 1 is 0.677 bits per heavy atom. The van der Waals surface area contributed by atoms with Gasteiger partial charge >= 0.3 is 35.8 Å². The van der Waals surface area contributed by atoms with Crippen molar-refractivity contribution in [1.82, 2.24) is 0 Å². The van der Waals surface area contributed by atoms with Crippen molar-refractivity contribution in [2.24, 2.45) is 0 Å². The first kappa shape index (κ1) is 49.0. The van der Waals surface area contributed by atoms with Crippen molar-refractivity contribution < 1.29 is 80.6 Å². The van der Waals surface area contributed by atoms with Gasteiger partial charge in [0.2, 0.25) is 12.1 Å². The highest BCUT2D eigenvalue weighted by Gasteiger charge is 2.65. The van der Waals surface area contributed by atoms with Crippen LogP contribution in [-0.2, 0) is 80.6 Å². The van der Waals surface area contributed by atoms with E-state index in [1.165, 1.54) is 0 Å². The Balaban J connectivity index is 1.93. The number of carbonyl (C=O) groups is 6. The predicted octanol–water partition coefficient (Wildman–Crippen LogP) is 2.68. The predicted molar refractivity (Wildman–Crippen MR) is 216 cm³/mol. The van der Waals surface area contributed by atoms with Crippen LogP contribution >= 0.6 is 0 Å².